The van der Waals surface area contributed by atoms with Gasteiger partial charge in [0.1, 0.15) is 11.6 Å². The molecule has 0 radical (unpaired) electrons. The van der Waals surface area contributed by atoms with Crippen molar-refractivity contribution in [2.75, 3.05) is 0 Å². The van der Waals surface area contributed by atoms with Crippen molar-refractivity contribution in [2.24, 2.45) is 5.92 Å². The molecule has 3 atom stereocenters. The molecule has 3 nitrogen and oxygen atoms in total. The normalized spacial score (nSPS) is 25.0. The molecule has 1 aliphatic rings. The number of hydrogen-bond donors (Lipinski definition) is 1. The second kappa shape index (κ2) is 8.18. The van der Waals surface area contributed by atoms with Gasteiger partial charge in [0.15, 0.2) is 0 Å². The summed E-state index contributed by atoms with van der Waals surface area (Å²) in [5.41, 5.74) is 0.571. The lowest BCUT2D eigenvalue weighted by Gasteiger charge is -2.43. The minimum atomic E-state index is -0.602. The minimum absolute atomic E-state index is 0.0717. The molecule has 1 amide bonds. The number of amides is 1. The van der Waals surface area contributed by atoms with Crippen molar-refractivity contribution in [3.63, 3.8) is 0 Å². The van der Waals surface area contributed by atoms with Gasteiger partial charge in [-0.15, -0.1) is 0 Å². The number of ether oxygens (including phenoxy) is 1. The summed E-state index contributed by atoms with van der Waals surface area (Å²) in [6, 6.07) is 10.5. The van der Waals surface area contributed by atoms with Gasteiger partial charge >= 0.3 is 0 Å². The van der Waals surface area contributed by atoms with Gasteiger partial charge in [-0.05, 0) is 36.8 Å². The van der Waals surface area contributed by atoms with E-state index in [2.05, 4.69) is 5.32 Å². The van der Waals surface area contributed by atoms with Crippen molar-refractivity contribution in [3.8, 4) is 0 Å². The second-order valence-corrected chi connectivity index (χ2v) is 8.38. The molecule has 3 rings (SSSR count). The Morgan fingerprint density at radius 2 is 1.79 bits per heavy atom. The van der Waals surface area contributed by atoms with E-state index in [4.69, 9.17) is 16.3 Å². The number of hydrogen-bond acceptors (Lipinski definition) is 2. The Kier molecular flexibility index (Phi) is 6.06. The first-order valence-corrected chi connectivity index (χ1v) is 9.72. The van der Waals surface area contributed by atoms with Crippen LogP contribution < -0.4 is 5.32 Å². The van der Waals surface area contributed by atoms with Crippen LogP contribution in [0.15, 0.2) is 42.5 Å². The Hall–Kier alpha value is -1.98. The van der Waals surface area contributed by atoms with Crippen molar-refractivity contribution >= 4 is 17.5 Å². The van der Waals surface area contributed by atoms with Crippen LogP contribution in [0.25, 0.3) is 0 Å². The van der Waals surface area contributed by atoms with Crippen molar-refractivity contribution in [3.05, 3.63) is 70.2 Å². The summed E-state index contributed by atoms with van der Waals surface area (Å²) in [5, 5.41) is 3.40. The maximum Gasteiger partial charge on any atom is 0.222 e. The van der Waals surface area contributed by atoms with Gasteiger partial charge < -0.3 is 10.1 Å². The molecule has 6 heteroatoms. The molecular formula is C22H24ClF2NO2. The van der Waals surface area contributed by atoms with Gasteiger partial charge in [-0.1, -0.05) is 43.6 Å². The van der Waals surface area contributed by atoms with Crippen LogP contribution >= 0.6 is 11.6 Å². The highest BCUT2D eigenvalue weighted by atomic mass is 35.5. The molecule has 0 unspecified atom stereocenters. The van der Waals surface area contributed by atoms with E-state index in [1.54, 1.807) is 24.3 Å². The summed E-state index contributed by atoms with van der Waals surface area (Å²) in [6.07, 6.45) is -0.0600. The lowest BCUT2D eigenvalue weighted by molar-refractivity contribution is -0.131. The molecule has 1 saturated heterocycles. The first kappa shape index (κ1) is 20.7. The number of carbonyl (C=O) groups is 1. The maximum absolute atomic E-state index is 14.6. The molecule has 0 bridgehead atoms. The predicted octanol–water partition coefficient (Wildman–Crippen LogP) is 5.74. The molecule has 2 aromatic carbocycles. The van der Waals surface area contributed by atoms with Crippen molar-refractivity contribution in [2.45, 2.75) is 51.4 Å². The Bertz CT molecular complexity index is 856. The Morgan fingerprint density at radius 1 is 1.14 bits per heavy atom. The zero-order valence-corrected chi connectivity index (χ0v) is 16.9. The summed E-state index contributed by atoms with van der Waals surface area (Å²) >= 11 is 5.88. The van der Waals surface area contributed by atoms with E-state index in [9.17, 15) is 13.6 Å². The summed E-state index contributed by atoms with van der Waals surface area (Å²) in [5.74, 6) is -1.03. The zero-order valence-electron chi connectivity index (χ0n) is 16.1. The Morgan fingerprint density at radius 3 is 2.39 bits per heavy atom. The molecule has 0 spiro atoms. The lowest BCUT2D eigenvalue weighted by atomic mass is 9.81. The summed E-state index contributed by atoms with van der Waals surface area (Å²) in [7, 11) is 0. The summed E-state index contributed by atoms with van der Waals surface area (Å²) in [4.78, 5) is 12.4. The third kappa shape index (κ3) is 4.70. The van der Waals surface area contributed by atoms with E-state index in [0.717, 1.165) is 5.56 Å². The Labute approximate surface area is 169 Å². The van der Waals surface area contributed by atoms with E-state index in [1.807, 2.05) is 20.8 Å². The highest BCUT2D eigenvalue weighted by Crippen LogP contribution is 2.44. The molecule has 1 heterocycles. The molecule has 1 fully saturated rings. The number of rotatable bonds is 4. The van der Waals surface area contributed by atoms with Gasteiger partial charge in [0, 0.05) is 34.9 Å². The minimum Gasteiger partial charge on any atom is -0.365 e. The number of carbonyl (C=O) groups excluding carboxylic acids is 1. The molecule has 1 N–H and O–H groups in total. The van der Waals surface area contributed by atoms with E-state index in [-0.39, 0.29) is 17.6 Å². The molecular weight excluding hydrogens is 384 g/mol. The monoisotopic (exact) mass is 407 g/mol. The topological polar surface area (TPSA) is 38.3 Å². The standard InChI is InChI=1S/C22H24ClF2NO2/c1-13(2)21(27)26-22(3)11-19(14-4-7-16(24)8-5-14)28-20(12-22)17-9-6-15(23)10-18(17)25/h4-10,13,19-20H,11-12H2,1-3H3,(H,26,27)/t19-,20+,22-/m0/s1. The second-order valence-electron chi connectivity index (χ2n) is 7.94. The number of halogens is 3. The first-order chi connectivity index (χ1) is 13.2. The van der Waals surface area contributed by atoms with Crippen LogP contribution in [0.3, 0.4) is 0 Å². The Balaban J connectivity index is 1.95. The molecule has 0 aromatic heterocycles. The smallest absolute Gasteiger partial charge is 0.222 e. The zero-order chi connectivity index (χ0) is 20.5. The fourth-order valence-electron chi connectivity index (χ4n) is 3.56. The number of nitrogens with one attached hydrogen (secondary N) is 1. The van der Waals surface area contributed by atoms with Crippen LogP contribution in [0.2, 0.25) is 5.02 Å². The fourth-order valence-corrected chi connectivity index (χ4v) is 3.72. The highest BCUT2D eigenvalue weighted by Gasteiger charge is 2.41. The van der Waals surface area contributed by atoms with Crippen LogP contribution in [0, 0.1) is 17.6 Å². The molecule has 150 valence electrons. The van der Waals surface area contributed by atoms with Crippen LogP contribution in [0.1, 0.15) is 56.9 Å². The van der Waals surface area contributed by atoms with E-state index >= 15 is 0 Å². The molecule has 28 heavy (non-hydrogen) atoms. The third-order valence-corrected chi connectivity index (χ3v) is 5.34. The van der Waals surface area contributed by atoms with Crippen LogP contribution in [0.4, 0.5) is 8.78 Å². The number of benzene rings is 2. The van der Waals surface area contributed by atoms with E-state index < -0.39 is 23.6 Å². The molecule has 0 aliphatic carbocycles. The maximum atomic E-state index is 14.6. The van der Waals surface area contributed by atoms with Gasteiger partial charge in [0.25, 0.3) is 0 Å². The van der Waals surface area contributed by atoms with Gasteiger partial charge in [0.2, 0.25) is 5.91 Å². The summed E-state index contributed by atoms with van der Waals surface area (Å²) < 4.78 is 34.1. The SMILES string of the molecule is CC(C)C(=O)N[C@@]1(C)C[C@@H](c2ccc(F)cc2)O[C@@H](c2ccc(Cl)cc2F)C1. The first-order valence-electron chi connectivity index (χ1n) is 9.35. The van der Waals surface area contributed by atoms with Gasteiger partial charge in [-0.2, -0.15) is 0 Å². The van der Waals surface area contributed by atoms with E-state index in [0.29, 0.717) is 23.4 Å². The molecule has 1 aliphatic heterocycles. The van der Waals surface area contributed by atoms with Crippen LogP contribution in [0.5, 0.6) is 0 Å². The fraction of sp³-hybridized carbons (Fsp3) is 0.409. The van der Waals surface area contributed by atoms with E-state index in [1.165, 1.54) is 18.2 Å². The summed E-state index contributed by atoms with van der Waals surface area (Å²) in [6.45, 7) is 5.59. The average Bonchev–Trinajstić information content (AvgIpc) is 2.61. The highest BCUT2D eigenvalue weighted by molar-refractivity contribution is 6.30. The van der Waals surface area contributed by atoms with Crippen LogP contribution in [-0.2, 0) is 9.53 Å². The van der Waals surface area contributed by atoms with Crippen molar-refractivity contribution in [1.29, 1.82) is 0 Å². The average molecular weight is 408 g/mol. The quantitative estimate of drug-likeness (QED) is 0.701. The van der Waals surface area contributed by atoms with Gasteiger partial charge in [-0.25, -0.2) is 8.78 Å². The predicted molar refractivity (Wildman–Crippen MR) is 105 cm³/mol. The third-order valence-electron chi connectivity index (χ3n) is 5.10. The molecule has 2 aromatic rings. The van der Waals surface area contributed by atoms with Crippen LogP contribution in [-0.4, -0.2) is 11.4 Å². The van der Waals surface area contributed by atoms with Gasteiger partial charge in [0.05, 0.1) is 12.2 Å². The van der Waals surface area contributed by atoms with Gasteiger partial charge in [-0.3, -0.25) is 4.79 Å². The molecule has 0 saturated carbocycles. The van der Waals surface area contributed by atoms with Crippen molar-refractivity contribution in [1.82, 2.24) is 5.32 Å². The lowest BCUT2D eigenvalue weighted by Crippen LogP contribution is -2.52. The van der Waals surface area contributed by atoms with Crippen molar-refractivity contribution < 1.29 is 18.3 Å². The largest absolute Gasteiger partial charge is 0.365 e.